The summed E-state index contributed by atoms with van der Waals surface area (Å²) in [7, 11) is 2.01. The third-order valence-corrected chi connectivity index (χ3v) is 9.95. The Balaban J connectivity index is 1.07. The number of benzene rings is 5. The Kier molecular flexibility index (Phi) is 11.3. The van der Waals surface area contributed by atoms with Crippen molar-refractivity contribution in [3.63, 3.8) is 0 Å². The van der Waals surface area contributed by atoms with Crippen molar-refractivity contribution in [3.05, 3.63) is 167 Å². The van der Waals surface area contributed by atoms with E-state index in [9.17, 15) is 15.0 Å². The van der Waals surface area contributed by atoms with Gasteiger partial charge < -0.3 is 25.0 Å². The standard InChI is InChI=1S/C44H44N4O5/c1-29(42(50)33-11-4-3-5-12-33)48(2)27-37-24-41(32-20-18-30(28-49)19-21-32)53-44(52-37)36-15-9-14-35(23-36)34-13-8-10-31(22-34)25-46-43(51)40-26-45-38-16-6-7-17-39(38)47-40/h3-23,26,29,37,41-42,44,49-50H,24-25,27-28H2,1-2H3,(H,46,51)/t29-,37-,41+,42-,44+/m0/s1. The molecule has 0 aliphatic carbocycles. The maximum atomic E-state index is 13.0. The molecule has 270 valence electrons. The smallest absolute Gasteiger partial charge is 0.271 e. The lowest BCUT2D eigenvalue weighted by molar-refractivity contribution is -0.253. The number of amides is 1. The number of aromatic nitrogens is 2. The number of ether oxygens (including phenoxy) is 2. The highest BCUT2D eigenvalue weighted by Gasteiger charge is 2.34. The molecule has 53 heavy (non-hydrogen) atoms. The summed E-state index contributed by atoms with van der Waals surface area (Å²) in [6, 6.07) is 41.2. The van der Waals surface area contributed by atoms with Gasteiger partial charge in [0.25, 0.3) is 5.91 Å². The van der Waals surface area contributed by atoms with Crippen LogP contribution in [0.4, 0.5) is 0 Å². The molecule has 1 amide bonds. The minimum absolute atomic E-state index is 0.0217. The molecule has 6 aromatic rings. The highest BCUT2D eigenvalue weighted by Crippen LogP contribution is 2.39. The topological polar surface area (TPSA) is 117 Å². The van der Waals surface area contributed by atoms with Gasteiger partial charge in [-0.3, -0.25) is 14.7 Å². The minimum atomic E-state index is -0.646. The summed E-state index contributed by atoms with van der Waals surface area (Å²) >= 11 is 0. The van der Waals surface area contributed by atoms with Gasteiger partial charge in [-0.2, -0.15) is 0 Å². The van der Waals surface area contributed by atoms with Crippen molar-refractivity contribution in [1.29, 1.82) is 0 Å². The second kappa shape index (κ2) is 16.6. The van der Waals surface area contributed by atoms with Crippen LogP contribution in [0.3, 0.4) is 0 Å². The van der Waals surface area contributed by atoms with Crippen LogP contribution in [-0.2, 0) is 22.6 Å². The number of nitrogens with zero attached hydrogens (tertiary/aromatic N) is 3. The van der Waals surface area contributed by atoms with Crippen LogP contribution in [0, 0.1) is 0 Å². The van der Waals surface area contributed by atoms with Crippen molar-refractivity contribution in [2.45, 2.75) is 57.1 Å². The van der Waals surface area contributed by atoms with Gasteiger partial charge in [0.2, 0.25) is 0 Å². The second-order valence-electron chi connectivity index (χ2n) is 13.6. The predicted octanol–water partition coefficient (Wildman–Crippen LogP) is 7.32. The van der Waals surface area contributed by atoms with Gasteiger partial charge >= 0.3 is 0 Å². The van der Waals surface area contributed by atoms with Crippen LogP contribution >= 0.6 is 0 Å². The first kappa shape index (κ1) is 36.1. The molecule has 0 radical (unpaired) electrons. The van der Waals surface area contributed by atoms with Crippen LogP contribution in [-0.4, -0.2) is 56.7 Å². The van der Waals surface area contributed by atoms with Gasteiger partial charge in [0.15, 0.2) is 6.29 Å². The number of carbonyl (C=O) groups is 1. The predicted molar refractivity (Wildman–Crippen MR) is 205 cm³/mol. The first-order valence-corrected chi connectivity index (χ1v) is 18.0. The molecular weight excluding hydrogens is 665 g/mol. The number of likely N-dealkylation sites (N-methyl/N-ethyl adjacent to an activating group) is 1. The van der Waals surface area contributed by atoms with Crippen LogP contribution in [0.5, 0.6) is 0 Å². The summed E-state index contributed by atoms with van der Waals surface area (Å²) in [5.74, 6) is -0.285. The summed E-state index contributed by atoms with van der Waals surface area (Å²) < 4.78 is 13.3. The van der Waals surface area contributed by atoms with Gasteiger partial charge in [-0.1, -0.05) is 103 Å². The third kappa shape index (κ3) is 8.68. The highest BCUT2D eigenvalue weighted by molar-refractivity contribution is 5.93. The molecule has 1 aromatic heterocycles. The zero-order valence-corrected chi connectivity index (χ0v) is 29.9. The molecule has 0 bridgehead atoms. The van der Waals surface area contributed by atoms with Crippen LogP contribution < -0.4 is 5.32 Å². The third-order valence-electron chi connectivity index (χ3n) is 9.95. The van der Waals surface area contributed by atoms with Crippen molar-refractivity contribution in [1.82, 2.24) is 20.2 Å². The van der Waals surface area contributed by atoms with Gasteiger partial charge in [0, 0.05) is 31.1 Å². The molecule has 1 aliphatic heterocycles. The van der Waals surface area contributed by atoms with Gasteiger partial charge in [-0.25, -0.2) is 4.98 Å². The Morgan fingerprint density at radius 2 is 1.55 bits per heavy atom. The van der Waals surface area contributed by atoms with E-state index in [4.69, 9.17) is 9.47 Å². The first-order chi connectivity index (χ1) is 25.8. The first-order valence-electron chi connectivity index (χ1n) is 18.0. The van der Waals surface area contributed by atoms with E-state index in [0.29, 0.717) is 25.0 Å². The zero-order valence-electron chi connectivity index (χ0n) is 29.9. The lowest BCUT2D eigenvalue weighted by atomic mass is 9.97. The molecule has 7 rings (SSSR count). The van der Waals surface area contributed by atoms with E-state index in [-0.39, 0.29) is 36.5 Å². The number of nitrogens with one attached hydrogen (secondary N) is 1. The van der Waals surface area contributed by atoms with E-state index in [1.807, 2.05) is 123 Å². The van der Waals surface area contributed by atoms with Crippen molar-refractivity contribution >= 4 is 16.9 Å². The monoisotopic (exact) mass is 708 g/mol. The van der Waals surface area contributed by atoms with Gasteiger partial charge in [0.05, 0.1) is 42.1 Å². The lowest BCUT2D eigenvalue weighted by Crippen LogP contribution is -2.43. The quantitative estimate of drug-likeness (QED) is 0.121. The molecule has 3 N–H and O–H groups in total. The number of para-hydroxylation sites is 2. The number of rotatable bonds is 12. The summed E-state index contributed by atoms with van der Waals surface area (Å²) in [6.45, 7) is 2.93. The van der Waals surface area contributed by atoms with E-state index in [2.05, 4.69) is 38.4 Å². The number of hydrogen-bond acceptors (Lipinski definition) is 8. The fourth-order valence-corrected chi connectivity index (χ4v) is 6.76. The fraction of sp³-hybridized carbons (Fsp3) is 0.250. The Bertz CT molecular complexity index is 2140. The van der Waals surface area contributed by atoms with Gasteiger partial charge in [-0.15, -0.1) is 0 Å². The SMILES string of the molecule is C[C@@H]([C@H](O)c1ccccc1)N(C)C[C@@H]1C[C@H](c2ccc(CO)cc2)O[C@H](c2cccc(-c3cccc(CNC(=O)c4cnc5ccccc5n4)c3)c2)O1. The average molecular weight is 709 g/mol. The van der Waals surface area contributed by atoms with Crippen LogP contribution in [0.1, 0.15) is 70.1 Å². The normalized spacial score (nSPS) is 18.5. The molecule has 0 saturated carbocycles. The maximum Gasteiger partial charge on any atom is 0.271 e. The van der Waals surface area contributed by atoms with Crippen molar-refractivity contribution in [2.75, 3.05) is 13.6 Å². The van der Waals surface area contributed by atoms with Crippen molar-refractivity contribution in [2.24, 2.45) is 0 Å². The molecule has 5 aromatic carbocycles. The number of hydrogen-bond donors (Lipinski definition) is 3. The molecule has 2 heterocycles. The minimum Gasteiger partial charge on any atom is -0.392 e. The van der Waals surface area contributed by atoms with E-state index < -0.39 is 12.4 Å². The van der Waals surface area contributed by atoms with E-state index >= 15 is 0 Å². The van der Waals surface area contributed by atoms with Crippen molar-refractivity contribution in [3.8, 4) is 11.1 Å². The average Bonchev–Trinajstić information content (AvgIpc) is 3.22. The summed E-state index contributed by atoms with van der Waals surface area (Å²) in [5, 5.41) is 23.7. The van der Waals surface area contributed by atoms with Crippen molar-refractivity contribution < 1.29 is 24.5 Å². The molecule has 1 saturated heterocycles. The number of fused-ring (bicyclic) bond motifs is 1. The molecule has 0 unspecified atom stereocenters. The molecular formula is C44H44N4O5. The van der Waals surface area contributed by atoms with Gasteiger partial charge in [0.1, 0.15) is 5.69 Å². The van der Waals surface area contributed by atoms with E-state index in [1.165, 1.54) is 6.20 Å². The van der Waals surface area contributed by atoms with Gasteiger partial charge in [-0.05, 0) is 71.6 Å². The second-order valence-corrected chi connectivity index (χ2v) is 13.6. The Labute approximate surface area is 309 Å². The van der Waals surface area contributed by atoms with Crippen LogP contribution in [0.25, 0.3) is 22.2 Å². The molecule has 1 fully saturated rings. The molecule has 1 aliphatic rings. The maximum absolute atomic E-state index is 13.0. The summed E-state index contributed by atoms with van der Waals surface area (Å²) in [4.78, 5) is 23.9. The largest absolute Gasteiger partial charge is 0.392 e. The summed E-state index contributed by atoms with van der Waals surface area (Å²) in [6.07, 6.45) is 0.426. The zero-order chi connectivity index (χ0) is 36.7. The summed E-state index contributed by atoms with van der Waals surface area (Å²) in [5.41, 5.74) is 8.24. The molecule has 9 heteroatoms. The molecule has 9 nitrogen and oxygen atoms in total. The highest BCUT2D eigenvalue weighted by atomic mass is 16.7. The lowest BCUT2D eigenvalue weighted by Gasteiger charge is -2.39. The Hall–Kier alpha value is -5.29. The Morgan fingerprint density at radius 3 is 2.32 bits per heavy atom. The van der Waals surface area contributed by atoms with E-state index in [1.54, 1.807) is 0 Å². The molecule has 0 spiro atoms. The van der Waals surface area contributed by atoms with Crippen LogP contribution in [0.2, 0.25) is 0 Å². The van der Waals surface area contributed by atoms with Crippen LogP contribution in [0.15, 0.2) is 134 Å². The Morgan fingerprint density at radius 1 is 0.830 bits per heavy atom. The fourth-order valence-electron chi connectivity index (χ4n) is 6.76. The number of aliphatic hydroxyl groups excluding tert-OH is 2. The van der Waals surface area contributed by atoms with E-state index in [0.717, 1.165) is 44.5 Å². The number of aliphatic hydroxyl groups is 2. The number of carbonyl (C=O) groups excluding carboxylic acids is 1. The molecule has 5 atom stereocenters.